The lowest BCUT2D eigenvalue weighted by molar-refractivity contribution is 0.0997. The van der Waals surface area contributed by atoms with Gasteiger partial charge in [0.25, 0.3) is 5.91 Å². The van der Waals surface area contributed by atoms with Crippen molar-refractivity contribution >= 4 is 27.5 Å². The molecule has 0 radical (unpaired) electrons. The number of rotatable bonds is 4. The molecule has 3 rings (SSSR count). The Kier molecular flexibility index (Phi) is 5.23. The summed E-state index contributed by atoms with van der Waals surface area (Å²) < 4.78 is 19.0. The third-order valence-electron chi connectivity index (χ3n) is 4.45. The van der Waals surface area contributed by atoms with Gasteiger partial charge in [-0.25, -0.2) is 0 Å². The van der Waals surface area contributed by atoms with Crippen LogP contribution in [0.15, 0.2) is 29.3 Å². The van der Waals surface area contributed by atoms with Crippen LogP contribution in [0.25, 0.3) is 10.2 Å². The van der Waals surface area contributed by atoms with Gasteiger partial charge < -0.3 is 18.8 Å². The summed E-state index contributed by atoms with van der Waals surface area (Å²) >= 11 is 1.50. The van der Waals surface area contributed by atoms with E-state index < -0.39 is 0 Å². The molecule has 1 aromatic heterocycles. The number of thiazole rings is 1. The van der Waals surface area contributed by atoms with Gasteiger partial charge in [-0.15, -0.1) is 0 Å². The topological polar surface area (TPSA) is 62.0 Å². The van der Waals surface area contributed by atoms with Gasteiger partial charge in [0, 0.05) is 12.6 Å². The lowest BCUT2D eigenvalue weighted by atomic mass is 10.1. The number of benzene rings is 2. The minimum Gasteiger partial charge on any atom is -0.493 e. The van der Waals surface area contributed by atoms with Crippen LogP contribution >= 0.6 is 11.3 Å². The molecule has 0 aliphatic carbocycles. The number of aryl methyl sites for hydroxylation is 3. The molecule has 0 saturated heterocycles. The summed E-state index contributed by atoms with van der Waals surface area (Å²) in [7, 11) is 6.47. The van der Waals surface area contributed by atoms with E-state index in [0.717, 1.165) is 21.3 Å². The molecule has 0 aliphatic heterocycles. The van der Waals surface area contributed by atoms with Crippen LogP contribution in [-0.4, -0.2) is 31.8 Å². The smallest absolute Gasteiger partial charge is 0.279 e. The maximum absolute atomic E-state index is 12.8. The molecule has 0 aliphatic rings. The highest BCUT2D eigenvalue weighted by molar-refractivity contribution is 7.16. The summed E-state index contributed by atoms with van der Waals surface area (Å²) in [5.41, 5.74) is 3.78. The number of ether oxygens (including phenoxy) is 3. The van der Waals surface area contributed by atoms with Crippen LogP contribution in [0.5, 0.6) is 17.2 Å². The van der Waals surface area contributed by atoms with Crippen LogP contribution in [0.4, 0.5) is 0 Å². The van der Waals surface area contributed by atoms with E-state index in [2.05, 4.69) is 31.0 Å². The average molecular weight is 386 g/mol. The molecule has 0 unspecified atom stereocenters. The molecule has 0 N–H and O–H groups in total. The highest BCUT2D eigenvalue weighted by atomic mass is 32.1. The lowest BCUT2D eigenvalue weighted by Gasteiger charge is -2.12. The van der Waals surface area contributed by atoms with Crippen molar-refractivity contribution in [3.8, 4) is 17.2 Å². The molecule has 0 saturated carbocycles. The van der Waals surface area contributed by atoms with Gasteiger partial charge in [0.15, 0.2) is 16.3 Å². The fourth-order valence-corrected chi connectivity index (χ4v) is 4.19. The Morgan fingerprint density at radius 2 is 1.59 bits per heavy atom. The zero-order valence-corrected chi connectivity index (χ0v) is 17.1. The zero-order chi connectivity index (χ0) is 19.7. The molecule has 142 valence electrons. The highest BCUT2D eigenvalue weighted by Crippen LogP contribution is 2.38. The Balaban J connectivity index is 2.15. The third-order valence-corrected chi connectivity index (χ3v) is 5.72. The van der Waals surface area contributed by atoms with Crippen molar-refractivity contribution in [2.45, 2.75) is 13.8 Å². The first-order chi connectivity index (χ1) is 12.9. The summed E-state index contributed by atoms with van der Waals surface area (Å²) in [6.07, 6.45) is 0. The van der Waals surface area contributed by atoms with Gasteiger partial charge in [0.2, 0.25) is 5.75 Å². The Morgan fingerprint density at radius 3 is 2.11 bits per heavy atom. The average Bonchev–Trinajstić information content (AvgIpc) is 3.00. The van der Waals surface area contributed by atoms with E-state index in [1.165, 1.54) is 32.7 Å². The molecule has 0 fully saturated rings. The Bertz CT molecular complexity index is 1070. The minimum absolute atomic E-state index is 0.369. The molecule has 0 bridgehead atoms. The van der Waals surface area contributed by atoms with Crippen LogP contribution in [0.3, 0.4) is 0 Å². The second-order valence-electron chi connectivity index (χ2n) is 6.15. The molecule has 27 heavy (non-hydrogen) atoms. The van der Waals surface area contributed by atoms with Crippen LogP contribution in [0.1, 0.15) is 21.5 Å². The van der Waals surface area contributed by atoms with Crippen molar-refractivity contribution in [3.05, 3.63) is 45.8 Å². The summed E-state index contributed by atoms with van der Waals surface area (Å²) in [5, 5.41) is 0. The molecule has 0 atom stereocenters. The Hall–Kier alpha value is -2.80. The van der Waals surface area contributed by atoms with Gasteiger partial charge >= 0.3 is 0 Å². The van der Waals surface area contributed by atoms with Gasteiger partial charge in [-0.3, -0.25) is 4.79 Å². The predicted octanol–water partition coefficient (Wildman–Crippen LogP) is 3.62. The molecule has 2 aromatic carbocycles. The number of nitrogens with zero attached hydrogens (tertiary/aromatic N) is 2. The van der Waals surface area contributed by atoms with Crippen LogP contribution in [-0.2, 0) is 7.05 Å². The van der Waals surface area contributed by atoms with Crippen LogP contribution in [0, 0.1) is 13.8 Å². The van der Waals surface area contributed by atoms with Crippen molar-refractivity contribution < 1.29 is 19.0 Å². The standard InChI is InChI=1S/C20H22N2O4S/c1-11-7-8-12(2)18-16(11)22(3)20(27-18)21-19(23)13-9-14(24-4)17(26-6)15(10-13)25-5/h7-10H,1-6H3. The molecule has 6 nitrogen and oxygen atoms in total. The third kappa shape index (κ3) is 3.30. The molecule has 3 aromatic rings. The SMILES string of the molecule is COc1cc(C(=O)N=c2sc3c(C)ccc(C)c3n2C)cc(OC)c1OC. The van der Waals surface area contributed by atoms with Crippen molar-refractivity contribution in [3.63, 3.8) is 0 Å². The van der Waals surface area contributed by atoms with E-state index in [1.807, 2.05) is 11.6 Å². The molecule has 1 amide bonds. The fourth-order valence-electron chi connectivity index (χ4n) is 3.03. The minimum atomic E-state index is -0.369. The van der Waals surface area contributed by atoms with Crippen molar-refractivity contribution in [1.29, 1.82) is 0 Å². The first-order valence-corrected chi connectivity index (χ1v) is 9.17. The molecule has 1 heterocycles. The molecule has 0 spiro atoms. The highest BCUT2D eigenvalue weighted by Gasteiger charge is 2.17. The first-order valence-electron chi connectivity index (χ1n) is 8.36. The van der Waals surface area contributed by atoms with Crippen molar-refractivity contribution in [2.75, 3.05) is 21.3 Å². The number of hydrogen-bond donors (Lipinski definition) is 0. The normalized spacial score (nSPS) is 11.7. The summed E-state index contributed by atoms with van der Waals surface area (Å²) in [4.78, 5) is 17.8. The molecular weight excluding hydrogens is 364 g/mol. The fraction of sp³-hybridized carbons (Fsp3) is 0.300. The number of amides is 1. The Morgan fingerprint density at radius 1 is 1.00 bits per heavy atom. The number of fused-ring (bicyclic) bond motifs is 1. The maximum Gasteiger partial charge on any atom is 0.279 e. The quantitative estimate of drug-likeness (QED) is 0.687. The van der Waals surface area contributed by atoms with E-state index in [-0.39, 0.29) is 5.91 Å². The van der Waals surface area contributed by atoms with Crippen molar-refractivity contribution in [1.82, 2.24) is 4.57 Å². The van der Waals surface area contributed by atoms with Gasteiger partial charge in [0.1, 0.15) is 0 Å². The van der Waals surface area contributed by atoms with Gasteiger partial charge in [0.05, 0.1) is 31.5 Å². The number of carbonyl (C=O) groups excluding carboxylic acids is 1. The Labute approximate surface area is 161 Å². The number of hydrogen-bond acceptors (Lipinski definition) is 5. The van der Waals surface area contributed by atoms with Crippen molar-refractivity contribution in [2.24, 2.45) is 12.0 Å². The van der Waals surface area contributed by atoms with E-state index in [1.54, 1.807) is 12.1 Å². The summed E-state index contributed by atoms with van der Waals surface area (Å²) in [6.45, 7) is 4.11. The zero-order valence-electron chi connectivity index (χ0n) is 16.2. The van der Waals surface area contributed by atoms with Gasteiger partial charge in [-0.05, 0) is 37.1 Å². The van der Waals surface area contributed by atoms with E-state index in [0.29, 0.717) is 27.6 Å². The van der Waals surface area contributed by atoms with E-state index in [9.17, 15) is 4.79 Å². The number of aromatic nitrogens is 1. The second kappa shape index (κ2) is 7.44. The molecule has 7 heteroatoms. The van der Waals surface area contributed by atoms with Gasteiger partial charge in [-0.1, -0.05) is 23.5 Å². The predicted molar refractivity (Wildman–Crippen MR) is 106 cm³/mol. The largest absolute Gasteiger partial charge is 0.493 e. The van der Waals surface area contributed by atoms with E-state index >= 15 is 0 Å². The first kappa shape index (κ1) is 19.0. The lowest BCUT2D eigenvalue weighted by Crippen LogP contribution is -2.14. The molecular formula is C20H22N2O4S. The number of methoxy groups -OCH3 is 3. The van der Waals surface area contributed by atoms with Crippen LogP contribution in [0.2, 0.25) is 0 Å². The van der Waals surface area contributed by atoms with Gasteiger partial charge in [-0.2, -0.15) is 4.99 Å². The summed E-state index contributed by atoms with van der Waals surface area (Å²) in [6, 6.07) is 7.38. The van der Waals surface area contributed by atoms with E-state index in [4.69, 9.17) is 14.2 Å². The monoisotopic (exact) mass is 386 g/mol. The maximum atomic E-state index is 12.8. The number of carbonyl (C=O) groups is 1. The second-order valence-corrected chi connectivity index (χ2v) is 7.13. The van der Waals surface area contributed by atoms with Crippen LogP contribution < -0.4 is 19.0 Å². The summed E-state index contributed by atoms with van der Waals surface area (Å²) in [5.74, 6) is 0.910.